The van der Waals surface area contributed by atoms with Crippen LogP contribution in [-0.2, 0) is 0 Å². The smallest absolute Gasteiger partial charge is 0.261 e. The van der Waals surface area contributed by atoms with Gasteiger partial charge in [-0.1, -0.05) is 6.07 Å². The Balaban J connectivity index is 2.32. The van der Waals surface area contributed by atoms with E-state index in [1.165, 1.54) is 23.2 Å². The SMILES string of the molecule is Cc1[nH]ncc1C(=O)N(CCCN)c1cccc(F)c1. The first-order chi connectivity index (χ1) is 9.63. The zero-order valence-electron chi connectivity index (χ0n) is 11.3. The van der Waals surface area contributed by atoms with Crippen LogP contribution >= 0.6 is 0 Å². The molecule has 0 radical (unpaired) electrons. The Morgan fingerprint density at radius 1 is 1.50 bits per heavy atom. The number of nitrogens with two attached hydrogens (primary N) is 1. The molecule has 0 aliphatic rings. The lowest BCUT2D eigenvalue weighted by Gasteiger charge is -2.22. The molecule has 1 amide bonds. The fourth-order valence-electron chi connectivity index (χ4n) is 1.95. The number of H-pyrrole nitrogens is 1. The maximum Gasteiger partial charge on any atom is 0.261 e. The van der Waals surface area contributed by atoms with Gasteiger partial charge >= 0.3 is 0 Å². The first-order valence-corrected chi connectivity index (χ1v) is 6.41. The van der Waals surface area contributed by atoms with E-state index in [1.807, 2.05) is 0 Å². The van der Waals surface area contributed by atoms with Crippen LogP contribution in [-0.4, -0.2) is 29.2 Å². The normalized spacial score (nSPS) is 10.6. The van der Waals surface area contributed by atoms with Crippen molar-refractivity contribution in [2.45, 2.75) is 13.3 Å². The number of anilines is 1. The molecule has 1 aromatic carbocycles. The number of aromatic nitrogens is 2. The lowest BCUT2D eigenvalue weighted by atomic mass is 10.2. The molecule has 5 nitrogen and oxygen atoms in total. The molecule has 20 heavy (non-hydrogen) atoms. The molecule has 0 aliphatic heterocycles. The maximum atomic E-state index is 13.4. The molecule has 106 valence electrons. The largest absolute Gasteiger partial charge is 0.330 e. The Labute approximate surface area is 116 Å². The lowest BCUT2D eigenvalue weighted by molar-refractivity contribution is 0.0986. The zero-order valence-corrected chi connectivity index (χ0v) is 11.3. The molecule has 2 rings (SSSR count). The van der Waals surface area contributed by atoms with Crippen LogP contribution in [0.15, 0.2) is 30.5 Å². The minimum Gasteiger partial charge on any atom is -0.330 e. The second kappa shape index (κ2) is 6.29. The summed E-state index contributed by atoms with van der Waals surface area (Å²) in [5, 5.41) is 6.57. The Morgan fingerprint density at radius 2 is 2.30 bits per heavy atom. The van der Waals surface area contributed by atoms with Crippen LogP contribution in [0.1, 0.15) is 22.5 Å². The third kappa shape index (κ3) is 3.03. The van der Waals surface area contributed by atoms with Crippen LogP contribution in [0.3, 0.4) is 0 Å². The average Bonchev–Trinajstić information content (AvgIpc) is 2.85. The lowest BCUT2D eigenvalue weighted by Crippen LogP contribution is -2.33. The highest BCUT2D eigenvalue weighted by Crippen LogP contribution is 2.19. The summed E-state index contributed by atoms with van der Waals surface area (Å²) in [7, 11) is 0. The molecule has 0 atom stereocenters. The predicted molar refractivity (Wildman–Crippen MR) is 75.1 cm³/mol. The minimum absolute atomic E-state index is 0.213. The van der Waals surface area contributed by atoms with Crippen molar-refractivity contribution >= 4 is 11.6 Å². The van der Waals surface area contributed by atoms with Gasteiger partial charge in [0.15, 0.2) is 0 Å². The molecule has 0 bridgehead atoms. The number of aromatic amines is 1. The van der Waals surface area contributed by atoms with Crippen molar-refractivity contribution in [2.75, 3.05) is 18.0 Å². The number of hydrogen-bond acceptors (Lipinski definition) is 3. The van der Waals surface area contributed by atoms with Crippen LogP contribution in [0.4, 0.5) is 10.1 Å². The Morgan fingerprint density at radius 3 is 2.90 bits per heavy atom. The Hall–Kier alpha value is -2.21. The molecule has 2 aromatic rings. The van der Waals surface area contributed by atoms with Gasteiger partial charge in [-0.25, -0.2) is 4.39 Å². The van der Waals surface area contributed by atoms with E-state index in [2.05, 4.69) is 10.2 Å². The van der Waals surface area contributed by atoms with Gasteiger partial charge in [-0.05, 0) is 38.1 Å². The molecule has 0 aliphatic carbocycles. The first kappa shape index (κ1) is 14.2. The molecular weight excluding hydrogens is 259 g/mol. The number of amides is 1. The van der Waals surface area contributed by atoms with E-state index >= 15 is 0 Å². The fraction of sp³-hybridized carbons (Fsp3) is 0.286. The molecule has 3 N–H and O–H groups in total. The number of halogens is 1. The van der Waals surface area contributed by atoms with Gasteiger partial charge in [0.2, 0.25) is 0 Å². The van der Waals surface area contributed by atoms with E-state index in [0.717, 1.165) is 0 Å². The molecule has 6 heteroatoms. The monoisotopic (exact) mass is 276 g/mol. The van der Waals surface area contributed by atoms with E-state index in [0.29, 0.717) is 36.5 Å². The number of hydrogen-bond donors (Lipinski definition) is 2. The van der Waals surface area contributed by atoms with Crippen LogP contribution in [0.5, 0.6) is 0 Å². The summed E-state index contributed by atoms with van der Waals surface area (Å²) in [6.07, 6.45) is 2.12. The maximum absolute atomic E-state index is 13.4. The number of nitrogens with one attached hydrogen (secondary N) is 1. The van der Waals surface area contributed by atoms with Crippen LogP contribution in [0, 0.1) is 12.7 Å². The summed E-state index contributed by atoms with van der Waals surface area (Å²) in [6, 6.07) is 5.96. The summed E-state index contributed by atoms with van der Waals surface area (Å²) in [5.74, 6) is -0.590. The van der Waals surface area contributed by atoms with Gasteiger partial charge < -0.3 is 10.6 Å². The van der Waals surface area contributed by atoms with E-state index in [4.69, 9.17) is 5.73 Å². The summed E-state index contributed by atoms with van der Waals surface area (Å²) in [6.45, 7) is 2.67. The van der Waals surface area contributed by atoms with E-state index in [-0.39, 0.29) is 11.7 Å². The third-order valence-corrected chi connectivity index (χ3v) is 3.01. The van der Waals surface area contributed by atoms with Crippen molar-refractivity contribution < 1.29 is 9.18 Å². The highest BCUT2D eigenvalue weighted by molar-refractivity contribution is 6.06. The summed E-state index contributed by atoms with van der Waals surface area (Å²) < 4.78 is 13.4. The van der Waals surface area contributed by atoms with Gasteiger partial charge in [-0.3, -0.25) is 9.89 Å². The van der Waals surface area contributed by atoms with Crippen LogP contribution in [0.25, 0.3) is 0 Å². The van der Waals surface area contributed by atoms with Crippen molar-refractivity contribution in [1.82, 2.24) is 10.2 Å². The second-order valence-electron chi connectivity index (χ2n) is 4.49. The standard InChI is InChI=1S/C14H17FN4O/c1-10-13(9-17-18-10)14(20)19(7-3-6-16)12-5-2-4-11(15)8-12/h2,4-5,8-9H,3,6-7,16H2,1H3,(H,17,18). The van der Waals surface area contributed by atoms with Crippen molar-refractivity contribution in [1.29, 1.82) is 0 Å². The third-order valence-electron chi connectivity index (χ3n) is 3.01. The van der Waals surface area contributed by atoms with Crippen molar-refractivity contribution in [3.63, 3.8) is 0 Å². The van der Waals surface area contributed by atoms with E-state index in [9.17, 15) is 9.18 Å². The van der Waals surface area contributed by atoms with Crippen LogP contribution < -0.4 is 10.6 Å². The summed E-state index contributed by atoms with van der Waals surface area (Å²) >= 11 is 0. The topological polar surface area (TPSA) is 75.0 Å². The van der Waals surface area contributed by atoms with Gasteiger partial charge in [0.05, 0.1) is 11.8 Å². The van der Waals surface area contributed by atoms with Crippen molar-refractivity contribution in [3.05, 3.63) is 47.5 Å². The number of benzene rings is 1. The number of aryl methyl sites for hydroxylation is 1. The molecule has 0 spiro atoms. The minimum atomic E-state index is -0.378. The summed E-state index contributed by atoms with van der Waals surface area (Å²) in [4.78, 5) is 14.1. The number of nitrogens with zero attached hydrogens (tertiary/aromatic N) is 2. The molecule has 0 saturated heterocycles. The van der Waals surface area contributed by atoms with Crippen molar-refractivity contribution in [2.24, 2.45) is 5.73 Å². The summed E-state index contributed by atoms with van der Waals surface area (Å²) in [5.41, 5.74) is 7.18. The number of carbonyl (C=O) groups excluding carboxylic acids is 1. The number of carbonyl (C=O) groups is 1. The predicted octanol–water partition coefficient (Wildman–Crippen LogP) is 1.85. The van der Waals surface area contributed by atoms with Gasteiger partial charge in [-0.2, -0.15) is 5.10 Å². The van der Waals surface area contributed by atoms with Crippen molar-refractivity contribution in [3.8, 4) is 0 Å². The highest BCUT2D eigenvalue weighted by atomic mass is 19.1. The van der Waals surface area contributed by atoms with Gasteiger partial charge in [0.1, 0.15) is 5.82 Å². The average molecular weight is 276 g/mol. The Kier molecular flexibility index (Phi) is 4.47. The van der Waals surface area contributed by atoms with Crippen LogP contribution in [0.2, 0.25) is 0 Å². The fourth-order valence-corrected chi connectivity index (χ4v) is 1.95. The molecule has 0 fully saturated rings. The molecule has 1 aromatic heterocycles. The Bertz CT molecular complexity index is 596. The molecular formula is C14H17FN4O. The quantitative estimate of drug-likeness (QED) is 0.875. The first-order valence-electron chi connectivity index (χ1n) is 6.41. The van der Waals surface area contributed by atoms with Gasteiger partial charge in [0, 0.05) is 17.9 Å². The molecule has 1 heterocycles. The molecule has 0 saturated carbocycles. The highest BCUT2D eigenvalue weighted by Gasteiger charge is 2.20. The van der Waals surface area contributed by atoms with Gasteiger partial charge in [-0.15, -0.1) is 0 Å². The van der Waals surface area contributed by atoms with E-state index < -0.39 is 0 Å². The van der Waals surface area contributed by atoms with E-state index in [1.54, 1.807) is 19.1 Å². The second-order valence-corrected chi connectivity index (χ2v) is 4.49. The molecule has 0 unspecified atom stereocenters. The van der Waals surface area contributed by atoms with Gasteiger partial charge in [0.25, 0.3) is 5.91 Å². The number of rotatable bonds is 5. The zero-order chi connectivity index (χ0) is 14.5.